The molecule has 0 bridgehead atoms. The van der Waals surface area contributed by atoms with Crippen molar-refractivity contribution in [1.29, 1.82) is 0 Å². The SMILES string of the molecule is C=C/C(=C\N=C/C)c1ccc(CCCCn2cc(CCN(C)[C@H]3C[C@@H](C)O[C@@H](O)C3)nn2)cc1. The van der Waals surface area contributed by atoms with Crippen molar-refractivity contribution < 1.29 is 9.84 Å². The Morgan fingerprint density at radius 3 is 2.76 bits per heavy atom. The van der Waals surface area contributed by atoms with Gasteiger partial charge in [-0.15, -0.1) is 5.10 Å². The van der Waals surface area contributed by atoms with Gasteiger partial charge < -0.3 is 14.7 Å². The molecule has 0 saturated carbocycles. The molecule has 0 amide bonds. The van der Waals surface area contributed by atoms with Crippen LogP contribution >= 0.6 is 0 Å². The fourth-order valence-electron chi connectivity index (χ4n) is 4.35. The number of benzene rings is 1. The Morgan fingerprint density at radius 1 is 1.26 bits per heavy atom. The fraction of sp³-hybridized carbons (Fsp3) is 0.519. The number of allylic oxidation sites excluding steroid dienone is 2. The summed E-state index contributed by atoms with van der Waals surface area (Å²) in [7, 11) is 2.11. The summed E-state index contributed by atoms with van der Waals surface area (Å²) in [6.45, 7) is 9.57. The summed E-state index contributed by atoms with van der Waals surface area (Å²) >= 11 is 0. The summed E-state index contributed by atoms with van der Waals surface area (Å²) in [4.78, 5) is 6.49. The first kappa shape index (κ1) is 26.0. The molecule has 7 nitrogen and oxygen atoms in total. The molecule has 1 aliphatic heterocycles. The summed E-state index contributed by atoms with van der Waals surface area (Å²) in [5.74, 6) is 0. The Bertz CT molecular complexity index is 940. The van der Waals surface area contributed by atoms with E-state index in [-0.39, 0.29) is 6.10 Å². The van der Waals surface area contributed by atoms with E-state index >= 15 is 0 Å². The monoisotopic (exact) mass is 465 g/mol. The maximum Gasteiger partial charge on any atom is 0.156 e. The van der Waals surface area contributed by atoms with Crippen molar-refractivity contribution in [3.63, 3.8) is 0 Å². The lowest BCUT2D eigenvalue weighted by atomic mass is 10.0. The number of aromatic nitrogens is 3. The first-order valence-corrected chi connectivity index (χ1v) is 12.3. The van der Waals surface area contributed by atoms with E-state index in [0.717, 1.165) is 62.0 Å². The molecule has 2 heterocycles. The van der Waals surface area contributed by atoms with Crippen molar-refractivity contribution in [1.82, 2.24) is 19.9 Å². The molecule has 1 fully saturated rings. The highest BCUT2D eigenvalue weighted by Crippen LogP contribution is 2.22. The summed E-state index contributed by atoms with van der Waals surface area (Å²) < 4.78 is 7.39. The van der Waals surface area contributed by atoms with Crippen LogP contribution in [-0.2, 0) is 24.1 Å². The lowest BCUT2D eigenvalue weighted by molar-refractivity contribution is -0.173. The van der Waals surface area contributed by atoms with Crippen molar-refractivity contribution in [2.24, 2.45) is 4.99 Å². The van der Waals surface area contributed by atoms with Gasteiger partial charge in [-0.05, 0) is 63.3 Å². The minimum atomic E-state index is -0.656. The van der Waals surface area contributed by atoms with Gasteiger partial charge >= 0.3 is 0 Å². The standard InChI is InChI=1S/C27H39N5O2/c1-5-23(19-28-6-2)24-12-10-22(11-13-24)9-7-8-15-32-20-25(29-30-32)14-16-31(4)26-17-21(3)34-27(33)18-26/h5-6,10-13,19-21,26-27,33H,1,7-9,14-18H2,2-4H3/b23-19+,28-6-/t21-,26+,27-/m1/s1. The van der Waals surface area contributed by atoms with E-state index < -0.39 is 6.29 Å². The van der Waals surface area contributed by atoms with Gasteiger partial charge in [0.15, 0.2) is 6.29 Å². The molecule has 1 aliphatic rings. The summed E-state index contributed by atoms with van der Waals surface area (Å²) in [5, 5.41) is 18.5. The number of nitrogens with zero attached hydrogens (tertiary/aromatic N) is 5. The molecule has 2 aromatic rings. The number of aliphatic hydroxyl groups is 1. The van der Waals surface area contributed by atoms with Crippen LogP contribution < -0.4 is 0 Å². The molecule has 1 saturated heterocycles. The number of aliphatic hydroxyl groups excluding tert-OH is 1. The van der Waals surface area contributed by atoms with Crippen molar-refractivity contribution >= 4 is 11.8 Å². The Balaban J connectivity index is 1.38. The predicted molar refractivity (Wildman–Crippen MR) is 138 cm³/mol. The van der Waals surface area contributed by atoms with Gasteiger partial charge in [0.05, 0.1) is 11.8 Å². The van der Waals surface area contributed by atoms with E-state index in [2.05, 4.69) is 64.3 Å². The normalized spacial score (nSPS) is 21.4. The molecule has 0 spiro atoms. The topological polar surface area (TPSA) is 75.8 Å². The van der Waals surface area contributed by atoms with E-state index in [9.17, 15) is 5.11 Å². The van der Waals surface area contributed by atoms with E-state index in [1.54, 1.807) is 6.21 Å². The van der Waals surface area contributed by atoms with Crippen LogP contribution in [0.15, 0.2) is 54.3 Å². The first-order chi connectivity index (χ1) is 16.5. The molecule has 1 aromatic heterocycles. The summed E-state index contributed by atoms with van der Waals surface area (Å²) in [6.07, 6.45) is 12.6. The highest BCUT2D eigenvalue weighted by atomic mass is 16.6. The van der Waals surface area contributed by atoms with Crippen LogP contribution in [0.4, 0.5) is 0 Å². The maximum absolute atomic E-state index is 9.85. The van der Waals surface area contributed by atoms with Gasteiger partial charge in [-0.1, -0.05) is 42.1 Å². The number of hydrogen-bond acceptors (Lipinski definition) is 6. The van der Waals surface area contributed by atoms with E-state index in [0.29, 0.717) is 12.5 Å². The molecule has 1 N–H and O–H groups in total. The van der Waals surface area contributed by atoms with Gasteiger partial charge in [0.1, 0.15) is 0 Å². The van der Waals surface area contributed by atoms with Gasteiger partial charge in [0.25, 0.3) is 0 Å². The second-order valence-electron chi connectivity index (χ2n) is 9.08. The fourth-order valence-corrected chi connectivity index (χ4v) is 4.35. The Labute approximate surface area is 203 Å². The van der Waals surface area contributed by atoms with Crippen LogP contribution in [0.1, 0.15) is 56.4 Å². The molecule has 3 rings (SSSR count). The third-order valence-corrected chi connectivity index (χ3v) is 6.37. The third-order valence-electron chi connectivity index (χ3n) is 6.37. The lowest BCUT2D eigenvalue weighted by Gasteiger charge is -2.36. The zero-order valence-corrected chi connectivity index (χ0v) is 20.8. The lowest BCUT2D eigenvalue weighted by Crippen LogP contribution is -2.43. The van der Waals surface area contributed by atoms with E-state index in [1.165, 1.54) is 5.56 Å². The Kier molecular flexibility index (Phi) is 10.2. The van der Waals surface area contributed by atoms with Gasteiger partial charge in [0, 0.05) is 50.6 Å². The average molecular weight is 466 g/mol. The molecule has 3 atom stereocenters. The van der Waals surface area contributed by atoms with Crippen molar-refractivity contribution in [2.45, 2.75) is 77.4 Å². The Morgan fingerprint density at radius 2 is 2.06 bits per heavy atom. The summed E-state index contributed by atoms with van der Waals surface area (Å²) in [5.41, 5.74) is 4.51. The van der Waals surface area contributed by atoms with Crippen LogP contribution in [0.25, 0.3) is 5.57 Å². The highest BCUT2D eigenvalue weighted by Gasteiger charge is 2.28. The van der Waals surface area contributed by atoms with Gasteiger partial charge in [0.2, 0.25) is 0 Å². The largest absolute Gasteiger partial charge is 0.368 e. The number of likely N-dealkylation sites (N-methyl/N-ethyl adjacent to an activating group) is 1. The number of aliphatic imine (C=N–C) groups is 1. The van der Waals surface area contributed by atoms with Crippen LogP contribution in [0.3, 0.4) is 0 Å². The highest BCUT2D eigenvalue weighted by molar-refractivity contribution is 5.74. The van der Waals surface area contributed by atoms with Crippen molar-refractivity contribution in [3.8, 4) is 0 Å². The van der Waals surface area contributed by atoms with E-state index in [4.69, 9.17) is 4.74 Å². The Hall–Kier alpha value is -2.61. The molecule has 0 aliphatic carbocycles. The molecule has 1 aromatic carbocycles. The average Bonchev–Trinajstić information content (AvgIpc) is 3.28. The second-order valence-corrected chi connectivity index (χ2v) is 9.08. The molecule has 7 heteroatoms. The zero-order valence-electron chi connectivity index (χ0n) is 20.8. The smallest absolute Gasteiger partial charge is 0.156 e. The predicted octanol–water partition coefficient (Wildman–Crippen LogP) is 4.28. The maximum atomic E-state index is 9.85. The quantitative estimate of drug-likeness (QED) is 0.288. The number of ether oxygens (including phenoxy) is 1. The van der Waals surface area contributed by atoms with E-state index in [1.807, 2.05) is 30.8 Å². The van der Waals surface area contributed by atoms with Crippen molar-refractivity contribution in [3.05, 3.63) is 66.1 Å². The van der Waals surface area contributed by atoms with Crippen LogP contribution in [0, 0.1) is 0 Å². The van der Waals surface area contributed by atoms with Crippen molar-refractivity contribution in [2.75, 3.05) is 13.6 Å². The minimum Gasteiger partial charge on any atom is -0.368 e. The molecular weight excluding hydrogens is 426 g/mol. The zero-order chi connectivity index (χ0) is 24.3. The van der Waals surface area contributed by atoms with Gasteiger partial charge in [-0.2, -0.15) is 0 Å². The van der Waals surface area contributed by atoms with Crippen LogP contribution in [0.5, 0.6) is 0 Å². The number of unbranched alkanes of at least 4 members (excludes halogenated alkanes) is 1. The summed E-state index contributed by atoms with van der Waals surface area (Å²) in [6, 6.07) is 8.98. The van der Waals surface area contributed by atoms with Crippen LogP contribution in [-0.4, -0.2) is 63.2 Å². The molecular formula is C27H39N5O2. The minimum absolute atomic E-state index is 0.0944. The first-order valence-electron chi connectivity index (χ1n) is 12.3. The second kappa shape index (κ2) is 13.3. The van der Waals surface area contributed by atoms with Crippen LogP contribution in [0.2, 0.25) is 0 Å². The molecule has 0 radical (unpaired) electrons. The molecule has 0 unspecified atom stereocenters. The van der Waals surface area contributed by atoms with Gasteiger partial charge in [-0.3, -0.25) is 9.67 Å². The molecule has 184 valence electrons. The number of aryl methyl sites for hydroxylation is 2. The molecule has 34 heavy (non-hydrogen) atoms. The third kappa shape index (κ3) is 8.01. The number of hydrogen-bond donors (Lipinski definition) is 1. The number of rotatable bonds is 12. The van der Waals surface area contributed by atoms with Gasteiger partial charge in [-0.25, -0.2) is 0 Å².